The van der Waals surface area contributed by atoms with Crippen LogP contribution in [0.5, 0.6) is 0 Å². The molecule has 2 amide bonds. The summed E-state index contributed by atoms with van der Waals surface area (Å²) < 4.78 is 0. The molecule has 0 saturated carbocycles. The average molecular weight is 169 g/mol. The highest BCUT2D eigenvalue weighted by Gasteiger charge is 2.28. The summed E-state index contributed by atoms with van der Waals surface area (Å²) in [6, 6.07) is 0. The minimum absolute atomic E-state index is 0.0125. The van der Waals surface area contributed by atoms with Crippen LogP contribution in [-0.2, 0) is 9.59 Å². The molecule has 67 valence electrons. The van der Waals surface area contributed by atoms with Crippen molar-refractivity contribution >= 4 is 12.3 Å². The van der Waals surface area contributed by atoms with Crippen molar-refractivity contribution in [1.29, 1.82) is 0 Å². The van der Waals surface area contributed by atoms with Crippen molar-refractivity contribution in [2.75, 3.05) is 27.2 Å². The van der Waals surface area contributed by atoms with Crippen LogP contribution in [0.2, 0.25) is 0 Å². The van der Waals surface area contributed by atoms with Gasteiger partial charge in [-0.1, -0.05) is 0 Å². The lowest BCUT2D eigenvalue weighted by atomic mass is 10.1. The Bertz CT molecular complexity index is 191. The first kappa shape index (κ1) is 9.03. The molecule has 0 aromatic carbocycles. The monoisotopic (exact) mass is 169 g/mol. The fourth-order valence-electron chi connectivity index (χ4n) is 1.41. The second kappa shape index (κ2) is 3.56. The van der Waals surface area contributed by atoms with Crippen molar-refractivity contribution in [1.82, 2.24) is 9.80 Å². The minimum Gasteiger partial charge on any atom is -0.349 e. The Morgan fingerprint density at radius 3 is 2.67 bits per heavy atom. The van der Waals surface area contributed by atoms with Crippen LogP contribution in [-0.4, -0.2) is 49.3 Å². The summed E-state index contributed by atoms with van der Waals surface area (Å²) in [4.78, 5) is 24.7. The van der Waals surface area contributed by atoms with E-state index in [1.54, 1.807) is 25.4 Å². The molecule has 1 heterocycles. The van der Waals surface area contributed by atoms with Gasteiger partial charge in [0, 0.05) is 27.2 Å². The predicted octanol–water partition coefficient (Wildman–Crippen LogP) is -0.536. The molecule has 0 bridgehead atoms. The van der Waals surface area contributed by atoms with E-state index in [0.29, 0.717) is 13.1 Å². The maximum atomic E-state index is 11.4. The standard InChI is InChI=1S/C8H13N2O2/c1-9(2)8(12)7-3-4-10(5-7)6-11/h7H,3-5H2,1-2H3. The van der Waals surface area contributed by atoms with Crippen LogP contribution in [0.1, 0.15) is 6.42 Å². The number of rotatable bonds is 2. The van der Waals surface area contributed by atoms with Gasteiger partial charge < -0.3 is 9.80 Å². The van der Waals surface area contributed by atoms with Crippen molar-refractivity contribution < 1.29 is 9.59 Å². The molecule has 1 atom stereocenters. The Hall–Kier alpha value is -1.06. The van der Waals surface area contributed by atoms with E-state index < -0.39 is 0 Å². The van der Waals surface area contributed by atoms with Crippen LogP contribution in [0.25, 0.3) is 0 Å². The Morgan fingerprint density at radius 1 is 1.58 bits per heavy atom. The van der Waals surface area contributed by atoms with Gasteiger partial charge in [0.2, 0.25) is 5.91 Å². The fraction of sp³-hybridized carbons (Fsp3) is 0.750. The topological polar surface area (TPSA) is 40.6 Å². The maximum absolute atomic E-state index is 11.4. The second-order valence-corrected chi connectivity index (χ2v) is 3.26. The zero-order valence-electron chi connectivity index (χ0n) is 7.41. The molecule has 1 aliphatic rings. The first-order valence-electron chi connectivity index (χ1n) is 3.99. The highest BCUT2D eigenvalue weighted by molar-refractivity contribution is 5.79. The molecule has 1 saturated heterocycles. The molecule has 4 nitrogen and oxygen atoms in total. The van der Waals surface area contributed by atoms with Crippen molar-refractivity contribution in [2.45, 2.75) is 6.42 Å². The molecule has 1 radical (unpaired) electrons. The van der Waals surface area contributed by atoms with Gasteiger partial charge in [0.25, 0.3) is 0 Å². The van der Waals surface area contributed by atoms with Crippen molar-refractivity contribution in [3.05, 3.63) is 0 Å². The molecule has 1 aliphatic heterocycles. The van der Waals surface area contributed by atoms with E-state index in [-0.39, 0.29) is 11.8 Å². The molecule has 0 N–H and O–H groups in total. The number of carbonyl (C=O) groups excluding carboxylic acids is 2. The van der Waals surface area contributed by atoms with E-state index >= 15 is 0 Å². The van der Waals surface area contributed by atoms with Crippen molar-refractivity contribution in [3.8, 4) is 0 Å². The van der Waals surface area contributed by atoms with E-state index in [4.69, 9.17) is 0 Å². The summed E-state index contributed by atoms with van der Waals surface area (Å²) in [7, 11) is 3.46. The summed E-state index contributed by atoms with van der Waals surface area (Å²) in [5, 5.41) is 0. The lowest BCUT2D eigenvalue weighted by Crippen LogP contribution is -2.31. The predicted molar refractivity (Wildman–Crippen MR) is 44.1 cm³/mol. The summed E-state index contributed by atoms with van der Waals surface area (Å²) in [6.45, 7) is 1.19. The van der Waals surface area contributed by atoms with Crippen LogP contribution in [0.15, 0.2) is 0 Å². The van der Waals surface area contributed by atoms with Gasteiger partial charge in [-0.15, -0.1) is 0 Å². The smallest absolute Gasteiger partial charge is 0.312 e. The number of hydrogen-bond donors (Lipinski definition) is 0. The number of amides is 2. The van der Waals surface area contributed by atoms with Gasteiger partial charge in [-0.3, -0.25) is 9.59 Å². The third kappa shape index (κ3) is 1.75. The van der Waals surface area contributed by atoms with Crippen LogP contribution in [0.4, 0.5) is 0 Å². The van der Waals surface area contributed by atoms with E-state index in [2.05, 4.69) is 0 Å². The molecule has 4 heteroatoms. The van der Waals surface area contributed by atoms with Crippen LogP contribution in [0.3, 0.4) is 0 Å². The SMILES string of the molecule is CN(C)C(=O)C1CCN([C]=O)C1. The van der Waals surface area contributed by atoms with Gasteiger partial charge in [-0.25, -0.2) is 0 Å². The summed E-state index contributed by atoms with van der Waals surface area (Å²) in [5.74, 6) is 0.0919. The molecular weight excluding hydrogens is 156 g/mol. The highest BCUT2D eigenvalue weighted by Crippen LogP contribution is 2.15. The molecule has 1 unspecified atom stereocenters. The van der Waals surface area contributed by atoms with E-state index in [9.17, 15) is 9.59 Å². The molecule has 0 spiro atoms. The zero-order chi connectivity index (χ0) is 9.14. The Labute approximate surface area is 72.1 Å². The zero-order valence-corrected chi connectivity index (χ0v) is 7.41. The lowest BCUT2D eigenvalue weighted by Gasteiger charge is -2.15. The fourth-order valence-corrected chi connectivity index (χ4v) is 1.41. The van der Waals surface area contributed by atoms with Crippen LogP contribution in [0, 0.1) is 5.92 Å². The third-order valence-electron chi connectivity index (χ3n) is 2.11. The quantitative estimate of drug-likeness (QED) is 0.557. The van der Waals surface area contributed by atoms with Crippen molar-refractivity contribution in [2.24, 2.45) is 5.92 Å². The maximum Gasteiger partial charge on any atom is 0.312 e. The highest BCUT2D eigenvalue weighted by atomic mass is 16.2. The van der Waals surface area contributed by atoms with Crippen LogP contribution < -0.4 is 0 Å². The summed E-state index contributed by atoms with van der Waals surface area (Å²) in [5.41, 5.74) is 0. The minimum atomic E-state index is -0.0125. The van der Waals surface area contributed by atoms with Crippen molar-refractivity contribution in [3.63, 3.8) is 0 Å². The number of likely N-dealkylation sites (tertiary alicyclic amines) is 1. The third-order valence-corrected chi connectivity index (χ3v) is 2.11. The molecular formula is C8H13N2O2. The van der Waals surface area contributed by atoms with E-state index in [1.165, 1.54) is 4.90 Å². The van der Waals surface area contributed by atoms with Gasteiger partial charge >= 0.3 is 6.41 Å². The summed E-state index contributed by atoms with van der Waals surface area (Å²) in [6.07, 6.45) is 2.57. The Morgan fingerprint density at radius 2 is 2.25 bits per heavy atom. The molecule has 0 aliphatic carbocycles. The summed E-state index contributed by atoms with van der Waals surface area (Å²) >= 11 is 0. The normalized spacial score (nSPS) is 22.5. The average Bonchev–Trinajstić information content (AvgIpc) is 2.50. The lowest BCUT2D eigenvalue weighted by molar-refractivity contribution is -0.132. The molecule has 1 rings (SSSR count). The molecule has 0 aromatic rings. The van der Waals surface area contributed by atoms with Gasteiger partial charge in [-0.2, -0.15) is 0 Å². The van der Waals surface area contributed by atoms with Gasteiger partial charge in [0.15, 0.2) is 0 Å². The van der Waals surface area contributed by atoms with Crippen LogP contribution >= 0.6 is 0 Å². The van der Waals surface area contributed by atoms with E-state index in [0.717, 1.165) is 6.42 Å². The number of hydrogen-bond acceptors (Lipinski definition) is 2. The first-order valence-corrected chi connectivity index (χ1v) is 3.99. The Kier molecular flexibility index (Phi) is 2.68. The molecule has 1 fully saturated rings. The van der Waals surface area contributed by atoms with Gasteiger partial charge in [0.05, 0.1) is 5.92 Å². The number of carbonyl (C=O) groups is 1. The molecule has 12 heavy (non-hydrogen) atoms. The number of nitrogens with zero attached hydrogens (tertiary/aromatic N) is 2. The Balaban J connectivity index is 2.46. The largest absolute Gasteiger partial charge is 0.349 e. The van der Waals surface area contributed by atoms with E-state index in [1.807, 2.05) is 0 Å². The first-order chi connectivity index (χ1) is 5.65. The van der Waals surface area contributed by atoms with Gasteiger partial charge in [-0.05, 0) is 6.42 Å². The molecule has 0 aromatic heterocycles. The van der Waals surface area contributed by atoms with Gasteiger partial charge in [0.1, 0.15) is 0 Å². The second-order valence-electron chi connectivity index (χ2n) is 3.26.